The van der Waals surface area contributed by atoms with Gasteiger partial charge < -0.3 is 10.1 Å². The fourth-order valence-electron chi connectivity index (χ4n) is 2.65. The van der Waals surface area contributed by atoms with E-state index in [-0.39, 0.29) is 23.0 Å². The van der Waals surface area contributed by atoms with Crippen molar-refractivity contribution in [3.8, 4) is 11.8 Å². The molecule has 0 bridgehead atoms. The molecule has 0 unspecified atom stereocenters. The number of ether oxygens (including phenoxy) is 1. The summed E-state index contributed by atoms with van der Waals surface area (Å²) in [5.41, 5.74) is 1.36. The molecule has 9 heteroatoms. The first-order valence-electron chi connectivity index (χ1n) is 9.02. The molecular formula is C23H13BrCl2FIN2O2. The molecule has 3 aromatic carbocycles. The van der Waals surface area contributed by atoms with Gasteiger partial charge in [-0.3, -0.25) is 4.79 Å². The number of nitrogens with zero attached hydrogens (tertiary/aromatic N) is 1. The van der Waals surface area contributed by atoms with Gasteiger partial charge >= 0.3 is 0 Å². The summed E-state index contributed by atoms with van der Waals surface area (Å²) in [6.07, 6.45) is 1.46. The molecule has 0 spiro atoms. The van der Waals surface area contributed by atoms with Gasteiger partial charge in [0.05, 0.1) is 18.1 Å². The number of hydrogen-bond acceptors (Lipinski definition) is 3. The SMILES string of the molecule is N#C/C(=C\c1cc(Br)c(OCc2ccccc2F)c(I)c1)C(=O)Nc1ccc(Cl)c(Cl)c1. The standard InChI is InChI=1S/C23H13BrCl2FIN2O2/c24-17-8-13(9-21(28)22(17)32-12-14-3-1-2-4-20(14)27)7-15(11-29)23(31)30-16-5-6-18(25)19(26)10-16/h1-10H,12H2,(H,30,31)/b15-7+. The van der Waals surface area contributed by atoms with Crippen LogP contribution in [-0.2, 0) is 11.4 Å². The molecule has 1 N–H and O–H groups in total. The van der Waals surface area contributed by atoms with Crippen molar-refractivity contribution in [2.75, 3.05) is 5.32 Å². The average molecular weight is 646 g/mol. The van der Waals surface area contributed by atoms with E-state index in [2.05, 4.69) is 43.8 Å². The molecule has 1 amide bonds. The number of nitriles is 1. The highest BCUT2D eigenvalue weighted by Crippen LogP contribution is 2.33. The Morgan fingerprint density at radius 2 is 1.94 bits per heavy atom. The van der Waals surface area contributed by atoms with Crippen LogP contribution in [0.4, 0.5) is 10.1 Å². The van der Waals surface area contributed by atoms with Crippen LogP contribution in [0.5, 0.6) is 5.75 Å². The first-order valence-corrected chi connectivity index (χ1v) is 11.6. The van der Waals surface area contributed by atoms with Crippen LogP contribution < -0.4 is 10.1 Å². The van der Waals surface area contributed by atoms with Gasteiger partial charge in [0.1, 0.15) is 29.8 Å². The largest absolute Gasteiger partial charge is 0.486 e. The quantitative estimate of drug-likeness (QED) is 0.170. The number of benzene rings is 3. The third kappa shape index (κ3) is 6.23. The second-order valence-corrected chi connectivity index (χ2v) is 9.28. The fourth-order valence-corrected chi connectivity index (χ4v) is 4.72. The summed E-state index contributed by atoms with van der Waals surface area (Å²) in [7, 11) is 0. The lowest BCUT2D eigenvalue weighted by Gasteiger charge is -2.12. The van der Waals surface area contributed by atoms with Crippen LogP contribution in [-0.4, -0.2) is 5.91 Å². The van der Waals surface area contributed by atoms with E-state index in [1.807, 2.05) is 6.07 Å². The topological polar surface area (TPSA) is 62.1 Å². The zero-order valence-corrected chi connectivity index (χ0v) is 21.4. The van der Waals surface area contributed by atoms with Crippen LogP contribution in [0.15, 0.2) is 64.6 Å². The number of nitrogens with one attached hydrogen (secondary N) is 1. The zero-order chi connectivity index (χ0) is 23.3. The van der Waals surface area contributed by atoms with Crippen molar-refractivity contribution in [2.45, 2.75) is 6.61 Å². The van der Waals surface area contributed by atoms with Crippen molar-refractivity contribution in [3.05, 3.63) is 95.2 Å². The van der Waals surface area contributed by atoms with Crippen LogP contribution in [0.3, 0.4) is 0 Å². The molecular weight excluding hydrogens is 633 g/mol. The lowest BCUT2D eigenvalue weighted by Crippen LogP contribution is -2.13. The van der Waals surface area contributed by atoms with Gasteiger partial charge in [0, 0.05) is 11.3 Å². The molecule has 0 heterocycles. The Hall–Kier alpha value is -2.12. The summed E-state index contributed by atoms with van der Waals surface area (Å²) in [6.45, 7) is 0.0615. The van der Waals surface area contributed by atoms with E-state index in [0.29, 0.717) is 32.1 Å². The summed E-state index contributed by atoms with van der Waals surface area (Å²) in [4.78, 5) is 12.5. The van der Waals surface area contributed by atoms with Crippen LogP contribution in [0, 0.1) is 20.7 Å². The van der Waals surface area contributed by atoms with Gasteiger partial charge in [0.25, 0.3) is 5.91 Å². The van der Waals surface area contributed by atoms with Crippen molar-refractivity contribution in [1.82, 2.24) is 0 Å². The first-order chi connectivity index (χ1) is 15.3. The molecule has 162 valence electrons. The molecule has 0 fully saturated rings. The summed E-state index contributed by atoms with van der Waals surface area (Å²) in [5.74, 6) is -0.397. The Labute approximate surface area is 216 Å². The molecule has 0 saturated carbocycles. The highest BCUT2D eigenvalue weighted by atomic mass is 127. The predicted octanol–water partition coefficient (Wildman–Crippen LogP) is 7.62. The average Bonchev–Trinajstić information content (AvgIpc) is 2.75. The van der Waals surface area contributed by atoms with Crippen LogP contribution in [0.1, 0.15) is 11.1 Å². The van der Waals surface area contributed by atoms with Crippen LogP contribution in [0.2, 0.25) is 10.0 Å². The Morgan fingerprint density at radius 1 is 1.19 bits per heavy atom. The summed E-state index contributed by atoms with van der Waals surface area (Å²) >= 11 is 17.4. The van der Waals surface area contributed by atoms with Gasteiger partial charge in [-0.2, -0.15) is 5.26 Å². The van der Waals surface area contributed by atoms with E-state index in [0.717, 1.165) is 3.57 Å². The molecule has 0 aliphatic rings. The monoisotopic (exact) mass is 644 g/mol. The minimum Gasteiger partial charge on any atom is -0.486 e. The Balaban J connectivity index is 1.78. The van der Waals surface area contributed by atoms with Crippen molar-refractivity contribution >= 4 is 79.4 Å². The van der Waals surface area contributed by atoms with Crippen molar-refractivity contribution in [1.29, 1.82) is 5.26 Å². The van der Waals surface area contributed by atoms with Crippen molar-refractivity contribution < 1.29 is 13.9 Å². The fraction of sp³-hybridized carbons (Fsp3) is 0.0435. The molecule has 3 aromatic rings. The third-order valence-corrected chi connectivity index (χ3v) is 6.33. The second-order valence-electron chi connectivity index (χ2n) is 6.45. The van der Waals surface area contributed by atoms with Gasteiger partial charge in [0.15, 0.2) is 0 Å². The first kappa shape index (κ1) is 24.5. The number of anilines is 1. The molecule has 3 rings (SSSR count). The predicted molar refractivity (Wildman–Crippen MR) is 136 cm³/mol. The Morgan fingerprint density at radius 3 is 2.59 bits per heavy atom. The van der Waals surface area contributed by atoms with Crippen molar-refractivity contribution in [2.24, 2.45) is 0 Å². The van der Waals surface area contributed by atoms with Crippen LogP contribution >= 0.6 is 61.7 Å². The van der Waals surface area contributed by atoms with E-state index >= 15 is 0 Å². The van der Waals surface area contributed by atoms with Gasteiger partial charge in [0.2, 0.25) is 0 Å². The van der Waals surface area contributed by atoms with E-state index < -0.39 is 5.91 Å². The highest BCUT2D eigenvalue weighted by molar-refractivity contribution is 14.1. The van der Waals surface area contributed by atoms with E-state index in [4.69, 9.17) is 27.9 Å². The van der Waals surface area contributed by atoms with Gasteiger partial charge in [-0.25, -0.2) is 4.39 Å². The van der Waals surface area contributed by atoms with E-state index in [1.165, 1.54) is 18.2 Å². The Kier molecular flexibility index (Phi) is 8.54. The maximum Gasteiger partial charge on any atom is 0.266 e. The van der Waals surface area contributed by atoms with Gasteiger partial charge in [-0.05, 0) is 86.6 Å². The normalized spacial score (nSPS) is 11.1. The van der Waals surface area contributed by atoms with E-state index in [9.17, 15) is 14.4 Å². The minimum atomic E-state index is -0.586. The van der Waals surface area contributed by atoms with Gasteiger partial charge in [-0.15, -0.1) is 0 Å². The lowest BCUT2D eigenvalue weighted by molar-refractivity contribution is -0.112. The molecule has 0 aromatic heterocycles. The number of hydrogen-bond donors (Lipinski definition) is 1. The molecule has 0 saturated heterocycles. The minimum absolute atomic E-state index is 0.0615. The second kappa shape index (κ2) is 11.1. The summed E-state index contributed by atoms with van der Waals surface area (Å²) in [5, 5.41) is 12.7. The number of carbonyl (C=O) groups is 1. The lowest BCUT2D eigenvalue weighted by atomic mass is 10.1. The number of rotatable bonds is 6. The zero-order valence-electron chi connectivity index (χ0n) is 16.1. The highest BCUT2D eigenvalue weighted by Gasteiger charge is 2.14. The maximum absolute atomic E-state index is 13.8. The molecule has 0 radical (unpaired) electrons. The summed E-state index contributed by atoms with van der Waals surface area (Å²) < 4.78 is 20.9. The number of carbonyl (C=O) groups excluding carboxylic acids is 1. The number of amides is 1. The third-order valence-electron chi connectivity index (χ3n) is 4.20. The smallest absolute Gasteiger partial charge is 0.266 e. The molecule has 0 atom stereocenters. The van der Waals surface area contributed by atoms with E-state index in [1.54, 1.807) is 42.5 Å². The van der Waals surface area contributed by atoms with Gasteiger partial charge in [-0.1, -0.05) is 41.4 Å². The molecule has 0 aliphatic heterocycles. The molecule has 0 aliphatic carbocycles. The maximum atomic E-state index is 13.8. The van der Waals surface area contributed by atoms with Crippen LogP contribution in [0.25, 0.3) is 6.08 Å². The number of halogens is 5. The Bertz CT molecular complexity index is 1240. The molecule has 4 nitrogen and oxygen atoms in total. The summed E-state index contributed by atoms with van der Waals surface area (Å²) in [6, 6.07) is 16.4. The van der Waals surface area contributed by atoms with Crippen molar-refractivity contribution in [3.63, 3.8) is 0 Å². The molecule has 32 heavy (non-hydrogen) atoms.